The zero-order valence-corrected chi connectivity index (χ0v) is 16.1. The summed E-state index contributed by atoms with van der Waals surface area (Å²) in [6, 6.07) is 7.20. The van der Waals surface area contributed by atoms with Gasteiger partial charge < -0.3 is 15.1 Å². The van der Waals surface area contributed by atoms with Crippen molar-refractivity contribution in [1.82, 2.24) is 19.7 Å². The lowest BCUT2D eigenvalue weighted by molar-refractivity contribution is 0.0753. The van der Waals surface area contributed by atoms with Crippen LogP contribution < -0.4 is 15.8 Å². The van der Waals surface area contributed by atoms with Crippen LogP contribution in [-0.4, -0.2) is 58.8 Å². The largest absolute Gasteiger partial charge is 0.381 e. The highest BCUT2D eigenvalue weighted by molar-refractivity contribution is 5.92. The first-order chi connectivity index (χ1) is 12.9. The highest BCUT2D eigenvalue weighted by atomic mass is 16.2. The van der Waals surface area contributed by atoms with Crippen molar-refractivity contribution in [2.75, 3.05) is 37.4 Å². The first-order valence-electron chi connectivity index (χ1n) is 9.17. The van der Waals surface area contributed by atoms with Crippen molar-refractivity contribution in [1.29, 1.82) is 0 Å². The molecule has 1 amide bonds. The average molecular weight is 370 g/mol. The molecule has 8 heteroatoms. The molecule has 144 valence electrons. The molecule has 0 saturated carbocycles. The Morgan fingerprint density at radius 2 is 2.00 bits per heavy atom. The van der Waals surface area contributed by atoms with E-state index >= 15 is 0 Å². The highest BCUT2D eigenvalue weighted by Gasteiger charge is 2.22. The maximum Gasteiger partial charge on any atom is 0.274 e. The molecule has 1 N–H and O–H groups in total. The number of rotatable bonds is 4. The zero-order valence-electron chi connectivity index (χ0n) is 16.1. The quantitative estimate of drug-likeness (QED) is 0.875. The summed E-state index contributed by atoms with van der Waals surface area (Å²) in [7, 11) is 5.48. The minimum absolute atomic E-state index is 0.122. The summed E-state index contributed by atoms with van der Waals surface area (Å²) >= 11 is 0. The summed E-state index contributed by atoms with van der Waals surface area (Å²) in [4.78, 5) is 32.4. The number of likely N-dealkylation sites (tertiary alicyclic amines) is 1. The van der Waals surface area contributed by atoms with Gasteiger partial charge in [-0.25, -0.2) is 9.67 Å². The number of carbonyl (C=O) groups is 1. The number of aryl methyl sites for hydroxylation is 1. The van der Waals surface area contributed by atoms with Crippen molar-refractivity contribution in [3.05, 3.63) is 46.5 Å². The van der Waals surface area contributed by atoms with Crippen molar-refractivity contribution in [3.63, 3.8) is 0 Å². The third-order valence-electron chi connectivity index (χ3n) is 4.77. The number of pyridine rings is 1. The van der Waals surface area contributed by atoms with Crippen LogP contribution in [0.15, 0.2) is 35.3 Å². The van der Waals surface area contributed by atoms with Gasteiger partial charge in [0.2, 0.25) is 0 Å². The van der Waals surface area contributed by atoms with Gasteiger partial charge in [-0.2, -0.15) is 5.10 Å². The Morgan fingerprint density at radius 3 is 2.67 bits per heavy atom. The predicted molar refractivity (Wildman–Crippen MR) is 105 cm³/mol. The van der Waals surface area contributed by atoms with Gasteiger partial charge in [0.15, 0.2) is 0 Å². The molecular formula is C19H26N6O2. The van der Waals surface area contributed by atoms with Gasteiger partial charge in [-0.1, -0.05) is 0 Å². The van der Waals surface area contributed by atoms with Crippen molar-refractivity contribution < 1.29 is 4.79 Å². The molecule has 0 radical (unpaired) electrons. The number of anilines is 2. The number of carbonyl (C=O) groups excluding carboxylic acids is 1. The van der Waals surface area contributed by atoms with Crippen LogP contribution in [0.5, 0.6) is 0 Å². The Labute approximate surface area is 158 Å². The van der Waals surface area contributed by atoms with E-state index in [1.165, 1.54) is 16.8 Å². The Kier molecular flexibility index (Phi) is 5.73. The molecular weight excluding hydrogens is 344 g/mol. The van der Waals surface area contributed by atoms with Crippen molar-refractivity contribution >= 4 is 17.4 Å². The highest BCUT2D eigenvalue weighted by Crippen LogP contribution is 2.19. The molecule has 2 aromatic rings. The molecule has 0 unspecified atom stereocenters. The Bertz CT molecular complexity index is 846. The summed E-state index contributed by atoms with van der Waals surface area (Å²) in [5.41, 5.74) is 1.08. The third-order valence-corrected chi connectivity index (χ3v) is 4.77. The molecule has 1 saturated heterocycles. The minimum Gasteiger partial charge on any atom is -0.381 e. The van der Waals surface area contributed by atoms with Crippen LogP contribution in [0.4, 0.5) is 11.5 Å². The summed E-state index contributed by atoms with van der Waals surface area (Å²) in [6.45, 7) is 1.35. The van der Waals surface area contributed by atoms with E-state index in [4.69, 9.17) is 0 Å². The fourth-order valence-corrected chi connectivity index (χ4v) is 3.19. The fraction of sp³-hybridized carbons (Fsp3) is 0.474. The number of aromatic nitrogens is 3. The van der Waals surface area contributed by atoms with Gasteiger partial charge in [0.05, 0.1) is 11.9 Å². The molecule has 0 aliphatic carbocycles. The molecule has 1 fully saturated rings. The maximum absolute atomic E-state index is 12.7. The minimum atomic E-state index is -0.222. The second-order valence-corrected chi connectivity index (χ2v) is 7.04. The van der Waals surface area contributed by atoms with Crippen LogP contribution in [0.1, 0.15) is 29.8 Å². The lowest BCUT2D eigenvalue weighted by atomic mass is 10.1. The van der Waals surface area contributed by atoms with Gasteiger partial charge in [-0.05, 0) is 37.5 Å². The molecule has 27 heavy (non-hydrogen) atoms. The van der Waals surface area contributed by atoms with E-state index in [1.54, 1.807) is 7.05 Å². The first kappa shape index (κ1) is 18.9. The number of nitrogens with one attached hydrogen (secondary N) is 1. The van der Waals surface area contributed by atoms with Crippen LogP contribution in [0.25, 0.3) is 0 Å². The molecule has 0 bridgehead atoms. The van der Waals surface area contributed by atoms with Gasteiger partial charge in [0.1, 0.15) is 11.5 Å². The van der Waals surface area contributed by atoms with E-state index in [0.29, 0.717) is 24.8 Å². The molecule has 3 rings (SSSR count). The molecule has 1 aliphatic rings. The number of amides is 1. The van der Waals surface area contributed by atoms with Crippen LogP contribution in [-0.2, 0) is 7.05 Å². The van der Waals surface area contributed by atoms with Crippen molar-refractivity contribution in [3.8, 4) is 0 Å². The monoisotopic (exact) mass is 370 g/mol. The number of nitrogens with zero attached hydrogens (tertiary/aromatic N) is 5. The fourth-order valence-electron chi connectivity index (χ4n) is 3.19. The lowest BCUT2D eigenvalue weighted by Gasteiger charge is -2.21. The molecule has 1 atom stereocenters. The topological polar surface area (TPSA) is 83.4 Å². The van der Waals surface area contributed by atoms with E-state index in [-0.39, 0.29) is 11.5 Å². The second-order valence-electron chi connectivity index (χ2n) is 7.04. The summed E-state index contributed by atoms with van der Waals surface area (Å²) in [5, 5.41) is 7.60. The Hall–Kier alpha value is -2.90. The van der Waals surface area contributed by atoms with E-state index in [2.05, 4.69) is 15.4 Å². The van der Waals surface area contributed by atoms with E-state index in [1.807, 2.05) is 42.2 Å². The van der Waals surface area contributed by atoms with Gasteiger partial charge in [0.25, 0.3) is 11.5 Å². The Balaban J connectivity index is 1.60. The van der Waals surface area contributed by atoms with Crippen LogP contribution in [0.3, 0.4) is 0 Å². The Morgan fingerprint density at radius 1 is 1.19 bits per heavy atom. The number of hydrogen-bond donors (Lipinski definition) is 1. The first-order valence-corrected chi connectivity index (χ1v) is 9.17. The maximum atomic E-state index is 12.7. The molecule has 3 heterocycles. The van der Waals surface area contributed by atoms with E-state index in [0.717, 1.165) is 30.8 Å². The van der Waals surface area contributed by atoms with Crippen LogP contribution in [0, 0.1) is 0 Å². The van der Waals surface area contributed by atoms with Gasteiger partial charge in [-0.15, -0.1) is 0 Å². The molecule has 0 aromatic carbocycles. The standard InChI is InChI=1S/C19H26N6O2/c1-23(2)17-8-6-15(13-20-17)21-14-5-4-11-25(12-10-14)19(27)16-7-9-18(26)24(3)22-16/h6-9,13-14,21H,4-5,10-12H2,1-3H3/t14-/m0/s1. The summed E-state index contributed by atoms with van der Waals surface area (Å²) in [6.07, 6.45) is 4.60. The summed E-state index contributed by atoms with van der Waals surface area (Å²) < 4.78 is 1.19. The van der Waals surface area contributed by atoms with Crippen LogP contribution in [0.2, 0.25) is 0 Å². The average Bonchev–Trinajstić information content (AvgIpc) is 2.89. The van der Waals surface area contributed by atoms with Gasteiger partial charge >= 0.3 is 0 Å². The van der Waals surface area contributed by atoms with E-state index < -0.39 is 0 Å². The number of hydrogen-bond acceptors (Lipinski definition) is 6. The summed E-state index contributed by atoms with van der Waals surface area (Å²) in [5.74, 6) is 0.797. The van der Waals surface area contributed by atoms with Crippen molar-refractivity contribution in [2.24, 2.45) is 7.05 Å². The van der Waals surface area contributed by atoms with E-state index in [9.17, 15) is 9.59 Å². The van der Waals surface area contributed by atoms with Gasteiger partial charge in [-0.3, -0.25) is 9.59 Å². The predicted octanol–water partition coefficient (Wildman–Crippen LogP) is 1.35. The van der Waals surface area contributed by atoms with Gasteiger partial charge in [0, 0.05) is 46.3 Å². The lowest BCUT2D eigenvalue weighted by Crippen LogP contribution is -2.34. The normalized spacial score (nSPS) is 17.3. The van der Waals surface area contributed by atoms with Crippen molar-refractivity contribution in [2.45, 2.75) is 25.3 Å². The molecule has 0 spiro atoms. The molecule has 8 nitrogen and oxygen atoms in total. The molecule has 2 aromatic heterocycles. The van der Waals surface area contributed by atoms with Crippen LogP contribution >= 0.6 is 0 Å². The smallest absolute Gasteiger partial charge is 0.274 e. The third kappa shape index (κ3) is 4.64. The zero-order chi connectivity index (χ0) is 19.4. The SMILES string of the molecule is CN(C)c1ccc(N[C@H]2CCCN(C(=O)c3ccc(=O)n(C)n3)CC2)cn1. The second kappa shape index (κ2) is 8.20. The molecule has 1 aliphatic heterocycles.